The lowest BCUT2D eigenvalue weighted by Gasteiger charge is -2.33. The molecule has 0 spiro atoms. The smallest absolute Gasteiger partial charge is 0.257 e. The first-order valence-corrected chi connectivity index (χ1v) is 10.7. The van der Waals surface area contributed by atoms with E-state index in [0.717, 1.165) is 44.6 Å². The van der Waals surface area contributed by atoms with Gasteiger partial charge >= 0.3 is 0 Å². The lowest BCUT2D eigenvalue weighted by molar-refractivity contribution is -0.133. The van der Waals surface area contributed by atoms with Crippen LogP contribution in [-0.2, 0) is 17.8 Å². The molecule has 1 saturated heterocycles. The first kappa shape index (κ1) is 19.7. The predicted molar refractivity (Wildman–Crippen MR) is 111 cm³/mol. The molecule has 0 bridgehead atoms. The Morgan fingerprint density at radius 3 is 2.55 bits per heavy atom. The van der Waals surface area contributed by atoms with E-state index in [9.17, 15) is 9.59 Å². The molecule has 3 heterocycles. The number of aromatic amines is 1. The molecule has 0 radical (unpaired) electrons. The fraction of sp³-hybridized carbons (Fsp3) is 0.522. The lowest BCUT2D eigenvalue weighted by atomic mass is 9.90. The summed E-state index contributed by atoms with van der Waals surface area (Å²) in [5, 5.41) is 7.29. The van der Waals surface area contributed by atoms with E-state index in [1.165, 1.54) is 11.1 Å². The van der Waals surface area contributed by atoms with Gasteiger partial charge in [0, 0.05) is 38.5 Å². The molecule has 6 nitrogen and oxygen atoms in total. The van der Waals surface area contributed by atoms with Gasteiger partial charge in [0.2, 0.25) is 5.91 Å². The van der Waals surface area contributed by atoms with Crippen LogP contribution in [0.5, 0.6) is 0 Å². The van der Waals surface area contributed by atoms with Crippen LogP contribution in [-0.4, -0.2) is 51.4 Å². The third kappa shape index (κ3) is 4.21. The molecule has 0 aliphatic carbocycles. The molecule has 1 aromatic heterocycles. The van der Waals surface area contributed by atoms with E-state index in [-0.39, 0.29) is 17.7 Å². The number of carbonyl (C=O) groups is 2. The Morgan fingerprint density at radius 1 is 1.10 bits per heavy atom. The van der Waals surface area contributed by atoms with Crippen molar-refractivity contribution in [3.63, 3.8) is 0 Å². The Morgan fingerprint density at radius 2 is 1.83 bits per heavy atom. The highest BCUT2D eigenvalue weighted by Crippen LogP contribution is 2.31. The molecule has 29 heavy (non-hydrogen) atoms. The van der Waals surface area contributed by atoms with Gasteiger partial charge in [-0.1, -0.05) is 38.1 Å². The van der Waals surface area contributed by atoms with Crippen molar-refractivity contribution >= 4 is 11.8 Å². The van der Waals surface area contributed by atoms with Crippen LogP contribution in [0.2, 0.25) is 0 Å². The number of hydrogen-bond donors (Lipinski definition) is 1. The summed E-state index contributed by atoms with van der Waals surface area (Å²) in [6.07, 6.45) is 4.92. The van der Waals surface area contributed by atoms with Gasteiger partial charge in [0.15, 0.2) is 0 Å². The van der Waals surface area contributed by atoms with E-state index in [1.807, 2.05) is 15.9 Å². The van der Waals surface area contributed by atoms with Gasteiger partial charge in [-0.25, -0.2) is 0 Å². The number of fused-ring (bicyclic) bond motifs is 1. The predicted octanol–water partition coefficient (Wildman–Crippen LogP) is 3.36. The van der Waals surface area contributed by atoms with E-state index in [1.54, 1.807) is 6.20 Å². The maximum atomic E-state index is 13.2. The zero-order chi connectivity index (χ0) is 20.4. The van der Waals surface area contributed by atoms with Crippen LogP contribution in [0.25, 0.3) is 0 Å². The summed E-state index contributed by atoms with van der Waals surface area (Å²) in [6.45, 7) is 7.04. The molecule has 2 aliphatic heterocycles. The Bertz CT molecular complexity index is 881. The summed E-state index contributed by atoms with van der Waals surface area (Å²) in [5.41, 5.74) is 4.19. The molecule has 1 N–H and O–H groups in total. The van der Waals surface area contributed by atoms with Gasteiger partial charge in [-0.15, -0.1) is 0 Å². The van der Waals surface area contributed by atoms with Gasteiger partial charge in [-0.3, -0.25) is 14.7 Å². The minimum atomic E-state index is 0.0570. The van der Waals surface area contributed by atoms with Crippen LogP contribution in [0, 0.1) is 5.92 Å². The van der Waals surface area contributed by atoms with E-state index >= 15 is 0 Å². The van der Waals surface area contributed by atoms with E-state index < -0.39 is 0 Å². The number of amides is 2. The molecule has 4 rings (SSSR count). The zero-order valence-corrected chi connectivity index (χ0v) is 17.4. The van der Waals surface area contributed by atoms with Gasteiger partial charge < -0.3 is 9.80 Å². The fourth-order valence-corrected chi connectivity index (χ4v) is 4.51. The highest BCUT2D eigenvalue weighted by atomic mass is 16.2. The third-order valence-corrected chi connectivity index (χ3v) is 6.16. The number of rotatable bonds is 4. The van der Waals surface area contributed by atoms with Crippen molar-refractivity contribution in [2.45, 2.75) is 52.0 Å². The van der Waals surface area contributed by atoms with Gasteiger partial charge in [0.05, 0.1) is 17.5 Å². The highest BCUT2D eigenvalue weighted by molar-refractivity contribution is 5.95. The van der Waals surface area contributed by atoms with Gasteiger partial charge in [0.1, 0.15) is 0 Å². The average molecular weight is 395 g/mol. The standard InChI is InChI=1S/C23H30N4O2/c1-16(2)13-21(28)26-10-8-18(9-11-26)22-20(14-24-25-22)23(29)27-12-7-17-5-3-4-6-19(17)15-27/h3-6,14,16,18H,7-13,15H2,1-2H3,(H,24,25). The van der Waals surface area contributed by atoms with Crippen molar-refractivity contribution in [3.8, 4) is 0 Å². The highest BCUT2D eigenvalue weighted by Gasteiger charge is 2.30. The number of nitrogens with zero attached hydrogens (tertiary/aromatic N) is 3. The van der Waals surface area contributed by atoms with Crippen LogP contribution < -0.4 is 0 Å². The van der Waals surface area contributed by atoms with Gasteiger partial charge in [-0.05, 0) is 36.3 Å². The molecular weight excluding hydrogens is 364 g/mol. The topological polar surface area (TPSA) is 69.3 Å². The molecule has 1 fully saturated rings. The van der Waals surface area contributed by atoms with Crippen LogP contribution in [0.3, 0.4) is 0 Å². The molecular formula is C23H30N4O2. The maximum Gasteiger partial charge on any atom is 0.257 e. The molecule has 1 aromatic carbocycles. The minimum Gasteiger partial charge on any atom is -0.343 e. The summed E-state index contributed by atoms with van der Waals surface area (Å²) in [6, 6.07) is 8.34. The molecule has 0 saturated carbocycles. The number of H-pyrrole nitrogens is 1. The molecule has 2 aliphatic rings. The lowest BCUT2D eigenvalue weighted by Crippen LogP contribution is -2.39. The van der Waals surface area contributed by atoms with Crippen molar-refractivity contribution in [2.75, 3.05) is 19.6 Å². The van der Waals surface area contributed by atoms with Crippen molar-refractivity contribution in [1.82, 2.24) is 20.0 Å². The summed E-state index contributed by atoms with van der Waals surface area (Å²) in [4.78, 5) is 29.5. The van der Waals surface area contributed by atoms with Crippen molar-refractivity contribution < 1.29 is 9.59 Å². The number of nitrogens with one attached hydrogen (secondary N) is 1. The monoisotopic (exact) mass is 394 g/mol. The van der Waals surface area contributed by atoms with E-state index in [4.69, 9.17) is 0 Å². The van der Waals surface area contributed by atoms with Crippen LogP contribution in [0.1, 0.15) is 66.2 Å². The third-order valence-electron chi connectivity index (χ3n) is 6.16. The van der Waals surface area contributed by atoms with Gasteiger partial charge in [-0.2, -0.15) is 5.10 Å². The normalized spacial score (nSPS) is 17.5. The van der Waals surface area contributed by atoms with Crippen molar-refractivity contribution in [1.29, 1.82) is 0 Å². The molecule has 0 atom stereocenters. The Balaban J connectivity index is 1.42. The number of carbonyl (C=O) groups excluding carboxylic acids is 2. The molecule has 2 aromatic rings. The number of hydrogen-bond acceptors (Lipinski definition) is 3. The zero-order valence-electron chi connectivity index (χ0n) is 17.4. The number of benzene rings is 1. The van der Waals surface area contributed by atoms with Crippen LogP contribution in [0.15, 0.2) is 30.5 Å². The maximum absolute atomic E-state index is 13.2. The quantitative estimate of drug-likeness (QED) is 0.864. The van der Waals surface area contributed by atoms with E-state index in [2.05, 4.69) is 42.2 Å². The Kier molecular flexibility index (Phi) is 5.69. The second-order valence-electron chi connectivity index (χ2n) is 8.70. The Labute approximate surface area is 172 Å². The fourth-order valence-electron chi connectivity index (χ4n) is 4.51. The van der Waals surface area contributed by atoms with Crippen LogP contribution >= 0.6 is 0 Å². The van der Waals surface area contributed by atoms with E-state index in [0.29, 0.717) is 24.4 Å². The number of likely N-dealkylation sites (tertiary alicyclic amines) is 1. The summed E-state index contributed by atoms with van der Waals surface area (Å²) in [5.74, 6) is 0.927. The van der Waals surface area contributed by atoms with Crippen LogP contribution in [0.4, 0.5) is 0 Å². The largest absolute Gasteiger partial charge is 0.343 e. The second-order valence-corrected chi connectivity index (χ2v) is 8.70. The molecule has 6 heteroatoms. The summed E-state index contributed by atoms with van der Waals surface area (Å²) >= 11 is 0. The second kappa shape index (κ2) is 8.39. The van der Waals surface area contributed by atoms with Crippen molar-refractivity contribution in [3.05, 3.63) is 52.8 Å². The Hall–Kier alpha value is -2.63. The first-order chi connectivity index (χ1) is 14.0. The van der Waals surface area contributed by atoms with Crippen molar-refractivity contribution in [2.24, 2.45) is 5.92 Å². The molecule has 154 valence electrons. The molecule has 0 unspecified atom stereocenters. The first-order valence-electron chi connectivity index (χ1n) is 10.7. The average Bonchev–Trinajstić information content (AvgIpc) is 3.22. The number of piperidine rings is 1. The SMILES string of the molecule is CC(C)CC(=O)N1CCC(c2[nH]ncc2C(=O)N2CCc3ccccc3C2)CC1. The minimum absolute atomic E-state index is 0.0570. The van der Waals surface area contributed by atoms with Gasteiger partial charge in [0.25, 0.3) is 5.91 Å². The summed E-state index contributed by atoms with van der Waals surface area (Å²) in [7, 11) is 0. The summed E-state index contributed by atoms with van der Waals surface area (Å²) < 4.78 is 0. The number of aromatic nitrogens is 2. The molecule has 2 amide bonds.